The highest BCUT2D eigenvalue weighted by atomic mass is 35.5. The van der Waals surface area contributed by atoms with Crippen molar-refractivity contribution in [2.45, 2.75) is 39.5 Å². The van der Waals surface area contributed by atoms with E-state index in [9.17, 15) is 9.59 Å². The predicted octanol–water partition coefficient (Wildman–Crippen LogP) is 3.53. The molecule has 1 fully saturated rings. The van der Waals surface area contributed by atoms with Gasteiger partial charge in [0.25, 0.3) is 0 Å². The average Bonchev–Trinajstić information content (AvgIpc) is 2.55. The molecule has 0 atom stereocenters. The molecule has 24 heavy (non-hydrogen) atoms. The Balaban J connectivity index is 1.96. The van der Waals surface area contributed by atoms with Crippen molar-refractivity contribution in [1.82, 2.24) is 4.90 Å². The Morgan fingerprint density at radius 1 is 1.08 bits per heavy atom. The number of hydrogen-bond donors (Lipinski definition) is 1. The third kappa shape index (κ3) is 4.87. The molecule has 1 saturated heterocycles. The van der Waals surface area contributed by atoms with Gasteiger partial charge in [-0.1, -0.05) is 25.4 Å². The minimum Gasteiger partial charge on any atom is -0.367 e. The van der Waals surface area contributed by atoms with Crippen LogP contribution >= 0.6 is 11.6 Å². The van der Waals surface area contributed by atoms with Crippen molar-refractivity contribution >= 4 is 34.8 Å². The van der Waals surface area contributed by atoms with Crippen LogP contribution in [0.4, 0.5) is 11.4 Å². The molecule has 0 saturated carbocycles. The highest BCUT2D eigenvalue weighted by Gasteiger charge is 2.22. The Labute approximate surface area is 149 Å². The smallest absolute Gasteiger partial charge is 0.224 e. The summed E-state index contributed by atoms with van der Waals surface area (Å²) in [6.45, 7) is 7.00. The minimum absolute atomic E-state index is 0.00404. The van der Waals surface area contributed by atoms with Gasteiger partial charge in [-0.2, -0.15) is 0 Å². The van der Waals surface area contributed by atoms with Crippen LogP contribution in [-0.2, 0) is 9.59 Å². The van der Waals surface area contributed by atoms with Gasteiger partial charge >= 0.3 is 0 Å². The molecule has 0 aliphatic carbocycles. The number of carbonyl (C=O) groups is 2. The molecule has 0 aromatic heterocycles. The quantitative estimate of drug-likeness (QED) is 0.853. The molecule has 0 bridgehead atoms. The summed E-state index contributed by atoms with van der Waals surface area (Å²) >= 11 is 6.40. The summed E-state index contributed by atoms with van der Waals surface area (Å²) in [5.41, 5.74) is 1.67. The van der Waals surface area contributed by atoms with Crippen LogP contribution in [0, 0.1) is 0 Å². The fourth-order valence-electron chi connectivity index (χ4n) is 2.86. The van der Waals surface area contributed by atoms with Gasteiger partial charge in [0.15, 0.2) is 0 Å². The maximum Gasteiger partial charge on any atom is 0.224 e. The minimum atomic E-state index is 0.00404. The van der Waals surface area contributed by atoms with Gasteiger partial charge in [-0.25, -0.2) is 0 Å². The molecule has 1 aliphatic heterocycles. The number of anilines is 2. The zero-order valence-electron chi connectivity index (χ0n) is 14.5. The fraction of sp³-hybridized carbons (Fsp3) is 0.556. The number of nitrogens with zero attached hydrogens (tertiary/aromatic N) is 2. The first kappa shape index (κ1) is 18.6. The first-order valence-electron chi connectivity index (χ1n) is 8.67. The monoisotopic (exact) mass is 351 g/mol. The molecule has 0 unspecified atom stereocenters. The second-order valence-corrected chi connectivity index (χ2v) is 6.49. The van der Waals surface area contributed by atoms with E-state index in [1.54, 1.807) is 6.07 Å². The van der Waals surface area contributed by atoms with Crippen molar-refractivity contribution in [3.8, 4) is 0 Å². The SMILES string of the molecule is CCCC(=O)Nc1ccc(N2CCN(C(=O)CCC)CC2)c(Cl)c1. The molecular formula is C18H26ClN3O2. The maximum absolute atomic E-state index is 11.9. The first-order valence-corrected chi connectivity index (χ1v) is 9.05. The first-order chi connectivity index (χ1) is 11.5. The number of benzene rings is 1. The van der Waals surface area contributed by atoms with Crippen molar-refractivity contribution in [2.24, 2.45) is 0 Å². The zero-order chi connectivity index (χ0) is 17.5. The standard InChI is InChI=1S/C18H26ClN3O2/c1-3-5-17(23)20-14-7-8-16(15(19)13-14)21-9-11-22(12-10-21)18(24)6-4-2/h7-8,13H,3-6,9-12H2,1-2H3,(H,20,23). The highest BCUT2D eigenvalue weighted by molar-refractivity contribution is 6.33. The Hall–Kier alpha value is -1.75. The van der Waals surface area contributed by atoms with Crippen molar-refractivity contribution in [1.29, 1.82) is 0 Å². The summed E-state index contributed by atoms with van der Waals surface area (Å²) in [7, 11) is 0. The van der Waals surface area contributed by atoms with E-state index in [2.05, 4.69) is 10.2 Å². The summed E-state index contributed by atoms with van der Waals surface area (Å²) in [4.78, 5) is 27.7. The van der Waals surface area contributed by atoms with Crippen molar-refractivity contribution < 1.29 is 9.59 Å². The van der Waals surface area contributed by atoms with Crippen LogP contribution in [0.2, 0.25) is 5.02 Å². The Morgan fingerprint density at radius 2 is 1.75 bits per heavy atom. The van der Waals surface area contributed by atoms with E-state index in [0.29, 0.717) is 17.9 Å². The predicted molar refractivity (Wildman–Crippen MR) is 98.7 cm³/mol. The normalized spacial score (nSPS) is 14.6. The maximum atomic E-state index is 11.9. The molecule has 1 N–H and O–H groups in total. The van der Waals surface area contributed by atoms with E-state index in [1.807, 2.05) is 30.9 Å². The van der Waals surface area contributed by atoms with E-state index < -0.39 is 0 Å². The number of carbonyl (C=O) groups excluding carboxylic acids is 2. The second-order valence-electron chi connectivity index (χ2n) is 6.08. The van der Waals surface area contributed by atoms with Crippen molar-refractivity contribution in [3.63, 3.8) is 0 Å². The summed E-state index contributed by atoms with van der Waals surface area (Å²) < 4.78 is 0. The molecule has 2 rings (SSSR count). The summed E-state index contributed by atoms with van der Waals surface area (Å²) in [6, 6.07) is 5.61. The lowest BCUT2D eigenvalue weighted by molar-refractivity contribution is -0.131. The van der Waals surface area contributed by atoms with Crippen LogP contribution in [-0.4, -0.2) is 42.9 Å². The zero-order valence-corrected chi connectivity index (χ0v) is 15.2. The largest absolute Gasteiger partial charge is 0.367 e. The van der Waals surface area contributed by atoms with Gasteiger partial charge in [-0.05, 0) is 31.0 Å². The molecule has 0 radical (unpaired) electrons. The number of nitrogens with one attached hydrogen (secondary N) is 1. The average molecular weight is 352 g/mol. The Kier molecular flexibility index (Phi) is 6.91. The number of rotatable bonds is 6. The van der Waals surface area contributed by atoms with Crippen molar-refractivity contribution in [2.75, 3.05) is 36.4 Å². The molecule has 1 aromatic rings. The summed E-state index contributed by atoms with van der Waals surface area (Å²) in [6.07, 6.45) is 2.83. The van der Waals surface area contributed by atoms with Crippen LogP contribution in [0.25, 0.3) is 0 Å². The van der Waals surface area contributed by atoms with E-state index in [4.69, 9.17) is 11.6 Å². The van der Waals surface area contributed by atoms with Gasteiger partial charge in [0, 0.05) is 44.7 Å². The summed E-state index contributed by atoms with van der Waals surface area (Å²) in [5, 5.41) is 3.48. The molecule has 6 heteroatoms. The van der Waals surface area contributed by atoms with Gasteiger partial charge in [0.1, 0.15) is 0 Å². The topological polar surface area (TPSA) is 52.7 Å². The number of piperazine rings is 1. The molecule has 1 aromatic carbocycles. The van der Waals surface area contributed by atoms with E-state index in [0.717, 1.165) is 50.4 Å². The molecule has 0 spiro atoms. The van der Waals surface area contributed by atoms with E-state index in [-0.39, 0.29) is 11.8 Å². The van der Waals surface area contributed by atoms with Gasteiger partial charge in [0.05, 0.1) is 10.7 Å². The van der Waals surface area contributed by atoms with E-state index >= 15 is 0 Å². The third-order valence-electron chi connectivity index (χ3n) is 4.15. The lowest BCUT2D eigenvalue weighted by Gasteiger charge is -2.36. The number of amides is 2. The molecule has 1 aliphatic rings. The van der Waals surface area contributed by atoms with E-state index in [1.165, 1.54) is 0 Å². The lowest BCUT2D eigenvalue weighted by Crippen LogP contribution is -2.48. The molecule has 132 valence electrons. The van der Waals surface area contributed by atoms with Crippen LogP contribution in [0.15, 0.2) is 18.2 Å². The summed E-state index contributed by atoms with van der Waals surface area (Å²) in [5.74, 6) is 0.238. The third-order valence-corrected chi connectivity index (χ3v) is 4.45. The Bertz CT molecular complexity index is 584. The number of hydrogen-bond acceptors (Lipinski definition) is 3. The van der Waals surface area contributed by atoms with Gasteiger partial charge in [-0.3, -0.25) is 9.59 Å². The molecule has 5 nitrogen and oxygen atoms in total. The Morgan fingerprint density at radius 3 is 2.33 bits per heavy atom. The van der Waals surface area contributed by atoms with Crippen LogP contribution in [0.5, 0.6) is 0 Å². The number of halogens is 1. The van der Waals surface area contributed by atoms with Crippen LogP contribution < -0.4 is 10.2 Å². The van der Waals surface area contributed by atoms with Gasteiger partial charge in [0.2, 0.25) is 11.8 Å². The van der Waals surface area contributed by atoms with Crippen LogP contribution in [0.3, 0.4) is 0 Å². The van der Waals surface area contributed by atoms with Crippen LogP contribution in [0.1, 0.15) is 39.5 Å². The van der Waals surface area contributed by atoms with Crippen molar-refractivity contribution in [3.05, 3.63) is 23.2 Å². The van der Waals surface area contributed by atoms with Gasteiger partial charge < -0.3 is 15.1 Å². The second kappa shape index (κ2) is 8.92. The highest BCUT2D eigenvalue weighted by Crippen LogP contribution is 2.29. The fourth-order valence-corrected chi connectivity index (χ4v) is 3.16. The van der Waals surface area contributed by atoms with Gasteiger partial charge in [-0.15, -0.1) is 0 Å². The molecule has 1 heterocycles. The lowest BCUT2D eigenvalue weighted by atomic mass is 10.2. The molecule has 2 amide bonds. The molecular weight excluding hydrogens is 326 g/mol.